The maximum absolute atomic E-state index is 6.29. The number of benzene rings is 1. The van der Waals surface area contributed by atoms with Crippen molar-refractivity contribution in [3.63, 3.8) is 0 Å². The van der Waals surface area contributed by atoms with E-state index in [1.807, 2.05) is 26.0 Å². The summed E-state index contributed by atoms with van der Waals surface area (Å²) < 4.78 is 17.9. The summed E-state index contributed by atoms with van der Waals surface area (Å²) in [5.74, 6) is -3.02. The molecule has 26 heavy (non-hydrogen) atoms. The van der Waals surface area contributed by atoms with Crippen LogP contribution in [-0.2, 0) is 15.9 Å². The van der Waals surface area contributed by atoms with Gasteiger partial charge in [0.05, 0.1) is 12.7 Å². The van der Waals surface area contributed by atoms with E-state index in [0.29, 0.717) is 12.4 Å². The van der Waals surface area contributed by atoms with Crippen LogP contribution in [0.3, 0.4) is 0 Å². The summed E-state index contributed by atoms with van der Waals surface area (Å²) in [4.78, 5) is 5.75. The first-order chi connectivity index (χ1) is 12.1. The molecule has 2 heterocycles. The predicted molar refractivity (Wildman–Crippen MR) is 112 cm³/mol. The van der Waals surface area contributed by atoms with E-state index in [9.17, 15) is 0 Å². The molecule has 0 amide bonds. The number of hydrogen-bond acceptors (Lipinski definition) is 6. The Morgan fingerprint density at radius 1 is 1.31 bits per heavy atom. The molecule has 0 bridgehead atoms. The highest BCUT2D eigenvalue weighted by molar-refractivity contribution is 8.17. The fraction of sp³-hybridized carbons (Fsp3) is 0.500. The second-order valence-corrected chi connectivity index (χ2v) is 16.6. The van der Waals surface area contributed by atoms with E-state index in [2.05, 4.69) is 4.52 Å². The van der Waals surface area contributed by atoms with Crippen LogP contribution in [0.25, 0.3) is 0 Å². The van der Waals surface area contributed by atoms with Crippen LogP contribution >= 0.6 is 77.8 Å². The minimum absolute atomic E-state index is 0.0189. The van der Waals surface area contributed by atoms with Crippen LogP contribution in [0, 0.1) is 0 Å². The molecule has 2 aliphatic rings. The van der Waals surface area contributed by atoms with E-state index < -0.39 is 26.8 Å². The van der Waals surface area contributed by atoms with Crippen LogP contribution in [-0.4, -0.2) is 27.1 Å². The minimum Gasteiger partial charge on any atom is -0.392 e. The number of nitrogens with zero attached hydrogens (tertiary/aromatic N) is 3. The molecule has 1 saturated heterocycles. The maximum Gasteiger partial charge on any atom is 0.250 e. The normalized spacial score (nSPS) is 31.6. The lowest BCUT2D eigenvalue weighted by Gasteiger charge is -2.36. The molecule has 0 N–H and O–H groups in total. The summed E-state index contributed by atoms with van der Waals surface area (Å²) in [7, 11) is -3.23. The largest absolute Gasteiger partial charge is 0.392 e. The van der Waals surface area contributed by atoms with Gasteiger partial charge in [-0.05, 0) is 81.6 Å². The molecule has 0 radical (unpaired) electrons. The Bertz CT molecular complexity index is 707. The smallest absolute Gasteiger partial charge is 0.250 e. The topological polar surface area (TPSA) is 46.5 Å². The second-order valence-electron chi connectivity index (χ2n) is 5.91. The average Bonchev–Trinajstić information content (AvgIpc) is 2.89. The fourth-order valence-electron chi connectivity index (χ4n) is 2.36. The van der Waals surface area contributed by atoms with E-state index >= 15 is 0 Å². The third-order valence-corrected chi connectivity index (χ3v) is 15.5. The molecule has 0 aromatic heterocycles. The molecule has 3 unspecified atom stereocenters. The van der Waals surface area contributed by atoms with Crippen molar-refractivity contribution in [3.05, 3.63) is 29.8 Å². The van der Waals surface area contributed by atoms with E-state index in [1.54, 1.807) is 12.1 Å². The standard InChI is InChI=1S/C12H15Cl5N3O3P3/c1-12(2)21-8-11(22-12)7-9-3-5-10(6-4-9)23-20-25(15)19(13)24(14)18-26(20,16)17/h3-6,11H,7-8H2,1-2H3. The highest BCUT2D eigenvalue weighted by Crippen LogP contribution is 2.84. The van der Waals surface area contributed by atoms with Crippen LogP contribution in [0.5, 0.6) is 5.75 Å². The van der Waals surface area contributed by atoms with Gasteiger partial charge in [-0.25, -0.2) is 0 Å². The summed E-state index contributed by atoms with van der Waals surface area (Å²) in [6.07, 6.45) is 0.754. The molecule has 146 valence electrons. The van der Waals surface area contributed by atoms with E-state index in [4.69, 9.17) is 71.1 Å². The highest BCUT2D eigenvalue weighted by atomic mass is 35.9. The lowest BCUT2D eigenvalue weighted by molar-refractivity contribution is -0.138. The molecule has 0 spiro atoms. The van der Waals surface area contributed by atoms with Gasteiger partial charge in [0.25, 0.3) is 5.91 Å². The molecule has 1 fully saturated rings. The first-order valence-electron chi connectivity index (χ1n) is 7.36. The lowest BCUT2D eigenvalue weighted by atomic mass is 10.1. The number of hydrogen-bond donors (Lipinski definition) is 0. The van der Waals surface area contributed by atoms with Crippen LogP contribution in [0.15, 0.2) is 28.8 Å². The molecule has 3 atom stereocenters. The van der Waals surface area contributed by atoms with Gasteiger partial charge in [-0.1, -0.05) is 23.4 Å². The molecule has 1 aromatic rings. The quantitative estimate of drug-likeness (QED) is 0.300. The Kier molecular flexibility index (Phi) is 7.34. The van der Waals surface area contributed by atoms with Crippen molar-refractivity contribution in [3.8, 4) is 5.75 Å². The Morgan fingerprint density at radius 2 is 1.96 bits per heavy atom. The number of ether oxygens (including phenoxy) is 2. The first kappa shape index (κ1) is 22.1. The molecule has 2 aliphatic heterocycles. The van der Waals surface area contributed by atoms with Crippen LogP contribution < -0.4 is 4.84 Å². The van der Waals surface area contributed by atoms with Gasteiger partial charge in [0.2, 0.25) is 15.2 Å². The monoisotopic (exact) mass is 517 g/mol. The summed E-state index contributed by atoms with van der Waals surface area (Å²) in [6.45, 7) is 4.37. The fourth-order valence-corrected chi connectivity index (χ4v) is 14.2. The highest BCUT2D eigenvalue weighted by Gasteiger charge is 2.44. The molecular formula is C12H15Cl5N3O3P3. The van der Waals surface area contributed by atoms with Crippen LogP contribution in [0.1, 0.15) is 19.4 Å². The van der Waals surface area contributed by atoms with Crippen molar-refractivity contribution in [2.75, 3.05) is 6.61 Å². The second kappa shape index (κ2) is 8.64. The van der Waals surface area contributed by atoms with Gasteiger partial charge in [-0.3, -0.25) is 0 Å². The number of rotatable bonds is 4. The van der Waals surface area contributed by atoms with Crippen LogP contribution in [0.2, 0.25) is 0 Å². The van der Waals surface area contributed by atoms with E-state index in [1.165, 1.54) is 8.56 Å². The third kappa shape index (κ3) is 5.30. The van der Waals surface area contributed by atoms with Gasteiger partial charge in [0.15, 0.2) is 5.79 Å². The summed E-state index contributed by atoms with van der Waals surface area (Å²) >= 11 is 30.9. The first-order valence-corrected chi connectivity index (χ1v) is 15.5. The maximum atomic E-state index is 6.29. The van der Waals surface area contributed by atoms with Gasteiger partial charge in [0, 0.05) is 6.42 Å². The molecule has 3 rings (SSSR count). The summed E-state index contributed by atoms with van der Waals surface area (Å²) in [5.41, 5.74) is 1.08. The lowest BCUT2D eigenvalue weighted by Crippen LogP contribution is -2.22. The van der Waals surface area contributed by atoms with Gasteiger partial charge in [-0.15, -0.1) is 3.96 Å². The van der Waals surface area contributed by atoms with Gasteiger partial charge >= 0.3 is 0 Å². The van der Waals surface area contributed by atoms with Crippen molar-refractivity contribution >= 4 is 77.8 Å². The minimum atomic E-state index is -3.00. The van der Waals surface area contributed by atoms with E-state index in [-0.39, 0.29) is 6.10 Å². The zero-order chi connectivity index (χ0) is 19.1. The van der Waals surface area contributed by atoms with Gasteiger partial charge in [-0.2, -0.15) is 4.52 Å². The van der Waals surface area contributed by atoms with E-state index in [0.717, 1.165) is 12.0 Å². The summed E-state index contributed by atoms with van der Waals surface area (Å²) in [6, 6.07) is 7.44. The van der Waals surface area contributed by atoms with Crippen molar-refractivity contribution in [2.24, 2.45) is 4.52 Å². The zero-order valence-electron chi connectivity index (χ0n) is 13.6. The molecular weight excluding hydrogens is 504 g/mol. The third-order valence-electron chi connectivity index (χ3n) is 3.44. The molecule has 1 aromatic carbocycles. The SMILES string of the molecule is CC1(C)OCC(Cc2ccc(ON3P(Cl)N(Cl)P(Cl)N=P3(Cl)Cl)cc2)O1. The van der Waals surface area contributed by atoms with Gasteiger partial charge < -0.3 is 14.3 Å². The van der Waals surface area contributed by atoms with Crippen molar-refractivity contribution in [1.29, 1.82) is 0 Å². The van der Waals surface area contributed by atoms with Crippen LogP contribution in [0.4, 0.5) is 0 Å². The Morgan fingerprint density at radius 3 is 2.54 bits per heavy atom. The van der Waals surface area contributed by atoms with Crippen molar-refractivity contribution in [2.45, 2.75) is 32.2 Å². The Balaban J connectivity index is 1.67. The Hall–Kier alpha value is 1.40. The summed E-state index contributed by atoms with van der Waals surface area (Å²) in [5, 5.41) is 0. The zero-order valence-corrected chi connectivity index (χ0v) is 20.1. The molecule has 6 nitrogen and oxygen atoms in total. The van der Waals surface area contributed by atoms with Crippen molar-refractivity contribution in [1.82, 2.24) is 8.56 Å². The predicted octanol–water partition coefficient (Wildman–Crippen LogP) is 7.80. The van der Waals surface area contributed by atoms with Crippen molar-refractivity contribution < 1.29 is 14.3 Å². The van der Waals surface area contributed by atoms with Gasteiger partial charge in [0.1, 0.15) is 5.75 Å². The number of halogens is 5. The molecule has 14 heteroatoms. The average molecular weight is 519 g/mol. The molecule has 0 saturated carbocycles. The Labute approximate surface area is 178 Å². The molecule has 0 aliphatic carbocycles.